The molecule has 0 rings (SSSR count). The largest absolute Gasteiger partial charge is 0.355 e. The lowest BCUT2D eigenvalue weighted by molar-refractivity contribution is -0.122. The number of likely N-dealkylation sites (N-methyl/N-ethyl adjacent to an activating group) is 1. The Morgan fingerprint density at radius 2 is 1.56 bits per heavy atom. The van der Waals surface area contributed by atoms with Crippen LogP contribution in [0, 0.1) is 0 Å². The molecule has 0 aliphatic heterocycles. The number of hydrogen-bond donors (Lipinski definition) is 6. The Labute approximate surface area is 152 Å². The van der Waals surface area contributed by atoms with Crippen molar-refractivity contribution < 1.29 is 9.59 Å². The molecule has 0 aromatic rings. The minimum Gasteiger partial charge on any atom is -0.355 e. The van der Waals surface area contributed by atoms with E-state index in [1.165, 1.54) is 0 Å². The van der Waals surface area contributed by atoms with Gasteiger partial charge >= 0.3 is 0 Å². The number of rotatable bonds is 16. The third-order valence-corrected chi connectivity index (χ3v) is 4.09. The lowest BCUT2D eigenvalue weighted by Crippen LogP contribution is -2.41. The first kappa shape index (κ1) is 23.8. The number of amides is 2. The SMILES string of the molecule is CNCCC[C@H](N)C(=O)NCCCC[C@@H](CC(=O)NCCNC)NC. The van der Waals surface area contributed by atoms with Crippen molar-refractivity contribution in [1.29, 1.82) is 0 Å². The van der Waals surface area contributed by atoms with Gasteiger partial charge < -0.3 is 32.3 Å². The van der Waals surface area contributed by atoms with Crippen molar-refractivity contribution >= 4 is 11.8 Å². The van der Waals surface area contributed by atoms with Crippen molar-refractivity contribution in [3.8, 4) is 0 Å². The molecule has 0 saturated carbocycles. The highest BCUT2D eigenvalue weighted by atomic mass is 16.2. The van der Waals surface area contributed by atoms with Crippen LogP contribution in [0.25, 0.3) is 0 Å². The van der Waals surface area contributed by atoms with Crippen LogP contribution in [0.2, 0.25) is 0 Å². The van der Waals surface area contributed by atoms with Crippen molar-refractivity contribution in [2.24, 2.45) is 5.73 Å². The molecule has 0 spiro atoms. The lowest BCUT2D eigenvalue weighted by atomic mass is 10.1. The molecule has 0 radical (unpaired) electrons. The molecule has 0 aliphatic rings. The molecular weight excluding hydrogens is 320 g/mol. The topological polar surface area (TPSA) is 120 Å². The van der Waals surface area contributed by atoms with E-state index in [0.29, 0.717) is 25.9 Å². The standard InChI is InChI=1S/C17H38N6O2/c1-19-9-6-8-15(18)17(25)23-10-5-4-7-14(21-3)13-16(24)22-12-11-20-2/h14-15,19-21H,4-13,18H2,1-3H3,(H,22,24)(H,23,25)/t14-,15-/m0/s1. The third kappa shape index (κ3) is 13.7. The minimum atomic E-state index is -0.431. The van der Waals surface area contributed by atoms with Gasteiger partial charge in [0.05, 0.1) is 6.04 Å². The number of nitrogens with two attached hydrogens (primary N) is 1. The fourth-order valence-electron chi connectivity index (χ4n) is 2.46. The van der Waals surface area contributed by atoms with Crippen LogP contribution in [0.5, 0.6) is 0 Å². The fourth-order valence-corrected chi connectivity index (χ4v) is 2.46. The van der Waals surface area contributed by atoms with Crippen molar-refractivity contribution in [2.75, 3.05) is 47.3 Å². The van der Waals surface area contributed by atoms with E-state index in [0.717, 1.165) is 38.8 Å². The van der Waals surface area contributed by atoms with Gasteiger partial charge in [0.1, 0.15) is 0 Å². The van der Waals surface area contributed by atoms with Gasteiger partial charge in [0, 0.05) is 32.1 Å². The quantitative estimate of drug-likeness (QED) is 0.195. The zero-order chi connectivity index (χ0) is 18.9. The van der Waals surface area contributed by atoms with Gasteiger partial charge in [-0.05, 0) is 53.4 Å². The molecule has 0 heterocycles. The summed E-state index contributed by atoms with van der Waals surface area (Å²) in [5.41, 5.74) is 5.85. The van der Waals surface area contributed by atoms with E-state index in [2.05, 4.69) is 26.6 Å². The Balaban J connectivity index is 3.75. The summed E-state index contributed by atoms with van der Waals surface area (Å²) in [5, 5.41) is 15.0. The summed E-state index contributed by atoms with van der Waals surface area (Å²) in [4.78, 5) is 23.6. The van der Waals surface area contributed by atoms with Gasteiger partial charge in [-0.25, -0.2) is 0 Å². The Morgan fingerprint density at radius 3 is 2.20 bits per heavy atom. The smallest absolute Gasteiger partial charge is 0.236 e. The summed E-state index contributed by atoms with van der Waals surface area (Å²) in [6.45, 7) is 2.91. The second kappa shape index (κ2) is 16.3. The summed E-state index contributed by atoms with van der Waals surface area (Å²) in [6, 6.07) is -0.270. The highest BCUT2D eigenvalue weighted by Crippen LogP contribution is 2.04. The van der Waals surface area contributed by atoms with E-state index in [1.54, 1.807) is 0 Å². The van der Waals surface area contributed by atoms with Gasteiger partial charge in [0.2, 0.25) is 11.8 Å². The first-order chi connectivity index (χ1) is 12.0. The maximum Gasteiger partial charge on any atom is 0.236 e. The predicted octanol–water partition coefficient (Wildman–Crippen LogP) is -1.09. The van der Waals surface area contributed by atoms with E-state index >= 15 is 0 Å². The maximum absolute atomic E-state index is 11.8. The molecule has 8 nitrogen and oxygen atoms in total. The predicted molar refractivity (Wildman–Crippen MR) is 102 cm³/mol. The zero-order valence-electron chi connectivity index (χ0n) is 16.1. The normalized spacial score (nSPS) is 13.3. The molecule has 148 valence electrons. The highest BCUT2D eigenvalue weighted by Gasteiger charge is 2.13. The van der Waals surface area contributed by atoms with Gasteiger partial charge in [0.25, 0.3) is 0 Å². The average Bonchev–Trinajstić information content (AvgIpc) is 2.60. The van der Waals surface area contributed by atoms with Crippen molar-refractivity contribution in [3.05, 3.63) is 0 Å². The molecule has 0 aliphatic carbocycles. The number of carbonyl (C=O) groups is 2. The van der Waals surface area contributed by atoms with Crippen molar-refractivity contribution in [2.45, 2.75) is 50.6 Å². The van der Waals surface area contributed by atoms with E-state index in [4.69, 9.17) is 5.73 Å². The molecular formula is C17H38N6O2. The molecule has 0 aromatic heterocycles. The summed E-state index contributed by atoms with van der Waals surface area (Å²) >= 11 is 0. The molecule has 25 heavy (non-hydrogen) atoms. The van der Waals surface area contributed by atoms with E-state index in [9.17, 15) is 9.59 Å². The molecule has 8 heteroatoms. The van der Waals surface area contributed by atoms with Gasteiger partial charge in [-0.15, -0.1) is 0 Å². The molecule has 0 fully saturated rings. The second-order valence-corrected chi connectivity index (χ2v) is 6.28. The average molecular weight is 359 g/mol. The molecule has 2 amide bonds. The number of carbonyl (C=O) groups excluding carboxylic acids is 2. The van der Waals surface area contributed by atoms with Crippen LogP contribution in [-0.2, 0) is 9.59 Å². The molecule has 0 saturated heterocycles. The van der Waals surface area contributed by atoms with Crippen LogP contribution in [0.15, 0.2) is 0 Å². The third-order valence-electron chi connectivity index (χ3n) is 4.09. The monoisotopic (exact) mass is 358 g/mol. The lowest BCUT2D eigenvalue weighted by Gasteiger charge is -2.16. The van der Waals surface area contributed by atoms with Crippen LogP contribution in [0.3, 0.4) is 0 Å². The number of nitrogens with one attached hydrogen (secondary N) is 5. The summed E-state index contributed by atoms with van der Waals surface area (Å²) in [5.74, 6) is -0.0133. The molecule has 2 atom stereocenters. The number of unbranched alkanes of at least 4 members (excludes halogenated alkanes) is 1. The summed E-state index contributed by atoms with van der Waals surface area (Å²) in [7, 11) is 5.62. The van der Waals surface area contributed by atoms with Crippen LogP contribution in [0.4, 0.5) is 0 Å². The van der Waals surface area contributed by atoms with Crippen molar-refractivity contribution in [1.82, 2.24) is 26.6 Å². The van der Waals surface area contributed by atoms with Gasteiger partial charge in [0.15, 0.2) is 0 Å². The van der Waals surface area contributed by atoms with Crippen LogP contribution >= 0.6 is 0 Å². The first-order valence-corrected chi connectivity index (χ1v) is 9.31. The van der Waals surface area contributed by atoms with Crippen LogP contribution in [-0.4, -0.2) is 71.2 Å². The molecule has 0 aromatic carbocycles. The Kier molecular flexibility index (Phi) is 15.5. The minimum absolute atomic E-state index is 0.0652. The highest BCUT2D eigenvalue weighted by molar-refractivity contribution is 5.81. The van der Waals surface area contributed by atoms with E-state index in [-0.39, 0.29) is 17.9 Å². The Morgan fingerprint density at radius 1 is 0.840 bits per heavy atom. The molecule has 0 bridgehead atoms. The number of hydrogen-bond acceptors (Lipinski definition) is 6. The zero-order valence-corrected chi connectivity index (χ0v) is 16.1. The van der Waals surface area contributed by atoms with Crippen LogP contribution < -0.4 is 32.3 Å². The van der Waals surface area contributed by atoms with E-state index < -0.39 is 6.04 Å². The summed E-state index contributed by atoms with van der Waals surface area (Å²) in [6.07, 6.45) is 4.80. The van der Waals surface area contributed by atoms with Gasteiger partial charge in [-0.2, -0.15) is 0 Å². The fraction of sp³-hybridized carbons (Fsp3) is 0.882. The summed E-state index contributed by atoms with van der Waals surface area (Å²) < 4.78 is 0. The first-order valence-electron chi connectivity index (χ1n) is 9.31. The maximum atomic E-state index is 11.8. The molecule has 7 N–H and O–H groups in total. The Bertz CT molecular complexity index is 354. The van der Waals surface area contributed by atoms with Crippen LogP contribution in [0.1, 0.15) is 38.5 Å². The van der Waals surface area contributed by atoms with E-state index in [1.807, 2.05) is 21.1 Å². The second-order valence-electron chi connectivity index (χ2n) is 6.28. The Hall–Kier alpha value is -1.22. The molecule has 0 unspecified atom stereocenters. The van der Waals surface area contributed by atoms with Gasteiger partial charge in [-0.1, -0.05) is 6.42 Å². The van der Waals surface area contributed by atoms with Gasteiger partial charge in [-0.3, -0.25) is 9.59 Å². The van der Waals surface area contributed by atoms with Crippen molar-refractivity contribution in [3.63, 3.8) is 0 Å².